The molecule has 4 heterocycles. The Morgan fingerprint density at radius 1 is 0.429 bits per heavy atom. The lowest BCUT2D eigenvalue weighted by Gasteiger charge is -2.26. The largest absolute Gasteiger partial charge is 0.304 e. The standard InChI is InChI=1S/C44H31N11S/c1-52-46-34-12-8-13-35(41(34)49-52)55(37-24-22-32(40-43(37)51-54(3)48-40)30-20-15-26-9-4-5-10-29(26)25-30)36-23-21-31(39-42(36)50-53(2)47-39)27-16-18-28(19-17-27)44-45-33-11-6-7-14-38(33)56-44/h4-25H,1-3H3. The van der Waals surface area contributed by atoms with Gasteiger partial charge in [-0.25, -0.2) is 4.98 Å². The minimum atomic E-state index is 0.733. The predicted octanol–water partition coefficient (Wildman–Crippen LogP) is 9.77. The van der Waals surface area contributed by atoms with E-state index in [-0.39, 0.29) is 0 Å². The summed E-state index contributed by atoms with van der Waals surface area (Å²) in [6, 6.07) is 46.2. The second-order valence-corrected chi connectivity index (χ2v) is 14.9. The molecule has 0 fully saturated rings. The summed E-state index contributed by atoms with van der Waals surface area (Å²) in [6.45, 7) is 0. The molecular formula is C44H31N11S. The van der Waals surface area contributed by atoms with Gasteiger partial charge in [0.25, 0.3) is 0 Å². The lowest BCUT2D eigenvalue weighted by atomic mass is 9.98. The Morgan fingerprint density at radius 3 is 1.71 bits per heavy atom. The van der Waals surface area contributed by atoms with E-state index in [2.05, 4.69) is 125 Å². The van der Waals surface area contributed by atoms with Crippen molar-refractivity contribution in [3.05, 3.63) is 133 Å². The zero-order valence-corrected chi connectivity index (χ0v) is 31.3. The normalized spacial score (nSPS) is 11.8. The molecule has 268 valence electrons. The second-order valence-electron chi connectivity index (χ2n) is 13.8. The maximum atomic E-state index is 5.00. The number of hydrogen-bond donors (Lipinski definition) is 0. The molecule has 0 bridgehead atoms. The lowest BCUT2D eigenvalue weighted by molar-refractivity contribution is 0.665. The fraction of sp³-hybridized carbons (Fsp3) is 0.0682. The van der Waals surface area contributed by atoms with Gasteiger partial charge in [0, 0.05) is 37.8 Å². The molecule has 4 aromatic heterocycles. The van der Waals surface area contributed by atoms with Gasteiger partial charge in [-0.2, -0.15) is 45.0 Å². The Hall–Kier alpha value is -7.31. The first-order valence-electron chi connectivity index (χ1n) is 18.2. The SMILES string of the molecule is Cn1nc2cccc(N(c3ccc(-c4ccc(-c5nc6ccccc6s5)cc4)c4nn(C)nc34)c3ccc(-c4ccc5ccccc5c4)c4nn(C)nc34)c2n1. The Kier molecular flexibility index (Phi) is 7.10. The van der Waals surface area contributed by atoms with E-state index in [4.69, 9.17) is 30.5 Å². The van der Waals surface area contributed by atoms with Crippen LogP contribution in [0.15, 0.2) is 133 Å². The number of fused-ring (bicyclic) bond motifs is 5. The second kappa shape index (κ2) is 12.4. The van der Waals surface area contributed by atoms with Crippen molar-refractivity contribution in [3.8, 4) is 32.8 Å². The molecule has 0 radical (unpaired) electrons. The molecule has 12 heteroatoms. The minimum absolute atomic E-state index is 0.733. The number of rotatable bonds is 6. The maximum absolute atomic E-state index is 5.00. The molecule has 0 spiro atoms. The van der Waals surface area contributed by atoms with Gasteiger partial charge in [-0.05, 0) is 76.5 Å². The van der Waals surface area contributed by atoms with E-state index in [1.165, 1.54) is 15.5 Å². The van der Waals surface area contributed by atoms with Crippen molar-refractivity contribution in [2.24, 2.45) is 21.1 Å². The van der Waals surface area contributed by atoms with Crippen LogP contribution in [0.3, 0.4) is 0 Å². The van der Waals surface area contributed by atoms with Gasteiger partial charge in [-0.15, -0.1) is 11.3 Å². The summed E-state index contributed by atoms with van der Waals surface area (Å²) in [5.74, 6) is 0. The van der Waals surface area contributed by atoms with Crippen LogP contribution in [-0.4, -0.2) is 50.0 Å². The van der Waals surface area contributed by atoms with Crippen molar-refractivity contribution >= 4 is 82.5 Å². The molecule has 0 N–H and O–H groups in total. The summed E-state index contributed by atoms with van der Waals surface area (Å²) in [6.07, 6.45) is 0. The Morgan fingerprint density at radius 2 is 0.982 bits per heavy atom. The quantitative estimate of drug-likeness (QED) is 0.166. The van der Waals surface area contributed by atoms with Gasteiger partial charge < -0.3 is 4.90 Å². The molecule has 0 saturated heterocycles. The van der Waals surface area contributed by atoms with Crippen molar-refractivity contribution in [1.29, 1.82) is 0 Å². The molecule has 11 nitrogen and oxygen atoms in total. The smallest absolute Gasteiger partial charge is 0.137 e. The van der Waals surface area contributed by atoms with Crippen LogP contribution in [0.2, 0.25) is 0 Å². The summed E-state index contributed by atoms with van der Waals surface area (Å²) in [5.41, 5.74) is 13.2. The van der Waals surface area contributed by atoms with Gasteiger partial charge in [0.15, 0.2) is 0 Å². The van der Waals surface area contributed by atoms with Crippen molar-refractivity contribution in [3.63, 3.8) is 0 Å². The van der Waals surface area contributed by atoms with Crippen LogP contribution in [0.4, 0.5) is 17.1 Å². The van der Waals surface area contributed by atoms with E-state index in [0.717, 1.165) is 88.5 Å². The third kappa shape index (κ3) is 5.14. The lowest BCUT2D eigenvalue weighted by Crippen LogP contribution is -2.12. The molecule has 0 saturated carbocycles. The van der Waals surface area contributed by atoms with Crippen molar-refractivity contribution < 1.29 is 0 Å². The van der Waals surface area contributed by atoms with E-state index < -0.39 is 0 Å². The van der Waals surface area contributed by atoms with E-state index >= 15 is 0 Å². The number of para-hydroxylation sites is 1. The van der Waals surface area contributed by atoms with Crippen LogP contribution in [0, 0.1) is 0 Å². The maximum Gasteiger partial charge on any atom is 0.137 e. The molecule has 11 rings (SSSR count). The van der Waals surface area contributed by atoms with E-state index in [1.807, 2.05) is 39.3 Å². The highest BCUT2D eigenvalue weighted by molar-refractivity contribution is 7.21. The number of aryl methyl sites for hydroxylation is 3. The Labute approximate surface area is 323 Å². The van der Waals surface area contributed by atoms with Gasteiger partial charge in [-0.3, -0.25) is 0 Å². The van der Waals surface area contributed by atoms with Crippen LogP contribution >= 0.6 is 11.3 Å². The first-order valence-corrected chi connectivity index (χ1v) is 19.0. The van der Waals surface area contributed by atoms with Gasteiger partial charge in [0.2, 0.25) is 0 Å². The fourth-order valence-electron chi connectivity index (χ4n) is 7.73. The molecule has 11 aromatic rings. The zero-order valence-electron chi connectivity index (χ0n) is 30.5. The highest BCUT2D eigenvalue weighted by Gasteiger charge is 2.27. The summed E-state index contributed by atoms with van der Waals surface area (Å²) in [5, 5.41) is 32.7. The number of nitrogens with zero attached hydrogens (tertiary/aromatic N) is 11. The highest BCUT2D eigenvalue weighted by atomic mass is 32.1. The molecule has 0 aliphatic heterocycles. The Balaban J connectivity index is 1.10. The van der Waals surface area contributed by atoms with Crippen LogP contribution in [0.5, 0.6) is 0 Å². The summed E-state index contributed by atoms with van der Waals surface area (Å²) < 4.78 is 1.17. The summed E-state index contributed by atoms with van der Waals surface area (Å²) >= 11 is 1.70. The molecule has 0 aliphatic rings. The number of thiazole rings is 1. The number of benzene rings is 7. The first-order chi connectivity index (χ1) is 27.4. The molecule has 0 aliphatic carbocycles. The molecule has 7 aromatic carbocycles. The van der Waals surface area contributed by atoms with Crippen LogP contribution in [-0.2, 0) is 21.1 Å². The fourth-order valence-corrected chi connectivity index (χ4v) is 8.70. The Bertz CT molecular complexity index is 3280. The predicted molar refractivity (Wildman–Crippen MR) is 224 cm³/mol. The van der Waals surface area contributed by atoms with Crippen LogP contribution < -0.4 is 4.90 Å². The molecule has 0 atom stereocenters. The molecule has 56 heavy (non-hydrogen) atoms. The monoisotopic (exact) mass is 745 g/mol. The van der Waals surface area contributed by atoms with Crippen LogP contribution in [0.25, 0.3) is 86.9 Å². The van der Waals surface area contributed by atoms with Crippen LogP contribution in [0.1, 0.15) is 0 Å². The van der Waals surface area contributed by atoms with Crippen molar-refractivity contribution in [2.75, 3.05) is 4.90 Å². The third-order valence-electron chi connectivity index (χ3n) is 10.2. The average Bonchev–Trinajstić information content (AvgIpc) is 4.02. The molecular weight excluding hydrogens is 715 g/mol. The van der Waals surface area contributed by atoms with Crippen molar-refractivity contribution in [1.82, 2.24) is 50.0 Å². The van der Waals surface area contributed by atoms with Gasteiger partial charge >= 0.3 is 0 Å². The molecule has 0 unspecified atom stereocenters. The molecule has 0 amide bonds. The minimum Gasteiger partial charge on any atom is -0.304 e. The third-order valence-corrected chi connectivity index (χ3v) is 11.3. The first kappa shape index (κ1) is 32.1. The van der Waals surface area contributed by atoms with E-state index in [0.29, 0.717) is 0 Å². The average molecular weight is 746 g/mol. The number of hydrogen-bond acceptors (Lipinski definition) is 9. The van der Waals surface area contributed by atoms with E-state index in [9.17, 15) is 0 Å². The summed E-state index contributed by atoms with van der Waals surface area (Å²) in [7, 11) is 5.56. The van der Waals surface area contributed by atoms with E-state index in [1.54, 1.807) is 25.7 Å². The highest BCUT2D eigenvalue weighted by Crippen LogP contribution is 2.46. The van der Waals surface area contributed by atoms with Gasteiger partial charge in [-0.1, -0.05) is 78.9 Å². The van der Waals surface area contributed by atoms with Gasteiger partial charge in [0.05, 0.1) is 27.3 Å². The van der Waals surface area contributed by atoms with Gasteiger partial charge in [0.1, 0.15) is 38.1 Å². The van der Waals surface area contributed by atoms with Crippen molar-refractivity contribution in [2.45, 2.75) is 0 Å². The summed E-state index contributed by atoms with van der Waals surface area (Å²) in [4.78, 5) is 11.9. The topological polar surface area (TPSA) is 108 Å². The number of aromatic nitrogens is 10. The zero-order chi connectivity index (χ0) is 37.5. The number of anilines is 3.